The molecule has 2 heteroatoms. The first-order valence-electron chi connectivity index (χ1n) is 6.15. The molecule has 0 aliphatic carbocycles. The van der Waals surface area contributed by atoms with E-state index in [1.54, 1.807) is 0 Å². The summed E-state index contributed by atoms with van der Waals surface area (Å²) in [7, 11) is 2.08. The number of aryl methyl sites for hydroxylation is 1. The lowest BCUT2D eigenvalue weighted by Gasteiger charge is -2.41. The van der Waals surface area contributed by atoms with Gasteiger partial charge in [0.25, 0.3) is 0 Å². The zero-order chi connectivity index (χ0) is 13.3. The predicted molar refractivity (Wildman–Crippen MR) is 74.6 cm³/mol. The quantitative estimate of drug-likeness (QED) is 0.865. The number of hydrogen-bond donors (Lipinski definition) is 1. The molecule has 0 aromatic heterocycles. The van der Waals surface area contributed by atoms with Crippen molar-refractivity contribution in [3.8, 4) is 0 Å². The SMILES string of the molecule is Cc1ccc(N(C)C(C)(C)CC(C)(C)O)cc1. The Kier molecular flexibility index (Phi) is 3.88. The highest BCUT2D eigenvalue weighted by molar-refractivity contribution is 5.49. The fourth-order valence-corrected chi connectivity index (χ4v) is 2.30. The van der Waals surface area contributed by atoms with Gasteiger partial charge in [-0.15, -0.1) is 0 Å². The summed E-state index contributed by atoms with van der Waals surface area (Å²) in [5.74, 6) is 0. The van der Waals surface area contributed by atoms with Crippen LogP contribution in [0.4, 0.5) is 5.69 Å². The number of anilines is 1. The van der Waals surface area contributed by atoms with Gasteiger partial charge in [-0.3, -0.25) is 0 Å². The summed E-state index contributed by atoms with van der Waals surface area (Å²) in [6.07, 6.45) is 0.727. The molecule has 17 heavy (non-hydrogen) atoms. The number of aliphatic hydroxyl groups is 1. The molecule has 2 nitrogen and oxygen atoms in total. The lowest BCUT2D eigenvalue weighted by Crippen LogP contribution is -2.46. The first-order valence-corrected chi connectivity index (χ1v) is 6.15. The van der Waals surface area contributed by atoms with Gasteiger partial charge in [0.1, 0.15) is 0 Å². The van der Waals surface area contributed by atoms with E-state index >= 15 is 0 Å². The van der Waals surface area contributed by atoms with E-state index in [1.807, 2.05) is 13.8 Å². The van der Waals surface area contributed by atoms with Crippen LogP contribution in [-0.2, 0) is 0 Å². The molecule has 1 aromatic carbocycles. The lowest BCUT2D eigenvalue weighted by atomic mass is 9.88. The van der Waals surface area contributed by atoms with Crippen LogP contribution < -0.4 is 4.90 Å². The molecule has 0 spiro atoms. The number of benzene rings is 1. The molecule has 96 valence electrons. The Labute approximate surface area is 105 Å². The van der Waals surface area contributed by atoms with Crippen molar-refractivity contribution in [3.63, 3.8) is 0 Å². The molecule has 0 radical (unpaired) electrons. The Morgan fingerprint density at radius 3 is 1.94 bits per heavy atom. The molecular weight excluding hydrogens is 210 g/mol. The van der Waals surface area contributed by atoms with E-state index in [0.717, 1.165) is 6.42 Å². The molecule has 0 unspecified atom stereocenters. The zero-order valence-corrected chi connectivity index (χ0v) is 11.9. The van der Waals surface area contributed by atoms with Gasteiger partial charge in [-0.05, 0) is 53.2 Å². The lowest BCUT2D eigenvalue weighted by molar-refractivity contribution is 0.0508. The third-order valence-electron chi connectivity index (χ3n) is 3.19. The summed E-state index contributed by atoms with van der Waals surface area (Å²) in [5, 5.41) is 9.97. The topological polar surface area (TPSA) is 23.5 Å². The zero-order valence-electron chi connectivity index (χ0n) is 11.9. The van der Waals surface area contributed by atoms with Gasteiger partial charge >= 0.3 is 0 Å². The highest BCUT2D eigenvalue weighted by atomic mass is 16.3. The van der Waals surface area contributed by atoms with Gasteiger partial charge in [0.15, 0.2) is 0 Å². The average molecular weight is 235 g/mol. The maximum Gasteiger partial charge on any atom is 0.0613 e. The maximum atomic E-state index is 9.97. The molecule has 0 saturated carbocycles. The van der Waals surface area contributed by atoms with Crippen molar-refractivity contribution in [1.82, 2.24) is 0 Å². The Balaban J connectivity index is 2.88. The van der Waals surface area contributed by atoms with Crippen molar-refractivity contribution < 1.29 is 5.11 Å². The third-order valence-corrected chi connectivity index (χ3v) is 3.19. The standard InChI is InChI=1S/C15H25NO/c1-12-7-9-13(10-8-12)16(6)14(2,3)11-15(4,5)17/h7-10,17H,11H2,1-6H3. The number of nitrogens with zero attached hydrogens (tertiary/aromatic N) is 1. The van der Waals surface area contributed by atoms with Crippen molar-refractivity contribution in [2.45, 2.75) is 52.2 Å². The van der Waals surface area contributed by atoms with E-state index in [-0.39, 0.29) is 5.54 Å². The molecule has 0 saturated heterocycles. The summed E-state index contributed by atoms with van der Waals surface area (Å²) in [6, 6.07) is 8.49. The van der Waals surface area contributed by atoms with Crippen LogP contribution in [0.2, 0.25) is 0 Å². The first-order chi connectivity index (χ1) is 7.62. The van der Waals surface area contributed by atoms with Crippen LogP contribution in [0.5, 0.6) is 0 Å². The molecule has 0 amide bonds. The molecule has 1 aromatic rings. The van der Waals surface area contributed by atoms with Crippen molar-refractivity contribution >= 4 is 5.69 Å². The second kappa shape index (κ2) is 4.69. The van der Waals surface area contributed by atoms with Crippen molar-refractivity contribution in [2.24, 2.45) is 0 Å². The fraction of sp³-hybridized carbons (Fsp3) is 0.600. The average Bonchev–Trinajstić information content (AvgIpc) is 2.14. The van der Waals surface area contributed by atoms with Gasteiger partial charge in [-0.1, -0.05) is 17.7 Å². The van der Waals surface area contributed by atoms with Crippen LogP contribution in [-0.4, -0.2) is 23.3 Å². The van der Waals surface area contributed by atoms with Gasteiger partial charge < -0.3 is 10.0 Å². The number of hydrogen-bond acceptors (Lipinski definition) is 2. The summed E-state index contributed by atoms with van der Waals surface area (Å²) >= 11 is 0. The molecular formula is C15H25NO. The molecule has 0 aliphatic rings. The van der Waals surface area contributed by atoms with Crippen LogP contribution in [0.3, 0.4) is 0 Å². The summed E-state index contributed by atoms with van der Waals surface area (Å²) in [4.78, 5) is 2.23. The van der Waals surface area contributed by atoms with E-state index in [2.05, 4.69) is 57.0 Å². The highest BCUT2D eigenvalue weighted by Crippen LogP contribution is 2.29. The van der Waals surface area contributed by atoms with Gasteiger partial charge in [0, 0.05) is 18.3 Å². The Morgan fingerprint density at radius 2 is 1.53 bits per heavy atom. The van der Waals surface area contributed by atoms with E-state index < -0.39 is 5.60 Å². The van der Waals surface area contributed by atoms with Crippen LogP contribution in [0.25, 0.3) is 0 Å². The maximum absolute atomic E-state index is 9.97. The Bertz CT molecular complexity index is 360. The van der Waals surface area contributed by atoms with Gasteiger partial charge in [0.2, 0.25) is 0 Å². The van der Waals surface area contributed by atoms with E-state index in [1.165, 1.54) is 11.3 Å². The second-order valence-corrected chi connectivity index (χ2v) is 6.20. The summed E-state index contributed by atoms with van der Waals surface area (Å²) in [6.45, 7) is 10.1. The van der Waals surface area contributed by atoms with Crippen molar-refractivity contribution in [2.75, 3.05) is 11.9 Å². The van der Waals surface area contributed by atoms with E-state index in [9.17, 15) is 5.11 Å². The van der Waals surface area contributed by atoms with E-state index in [0.29, 0.717) is 0 Å². The molecule has 0 bridgehead atoms. The predicted octanol–water partition coefficient (Wildman–Crippen LogP) is 3.37. The summed E-state index contributed by atoms with van der Waals surface area (Å²) in [5.41, 5.74) is 1.72. The van der Waals surface area contributed by atoms with Crippen LogP contribution in [0.15, 0.2) is 24.3 Å². The molecule has 0 aliphatic heterocycles. The van der Waals surface area contributed by atoms with Crippen molar-refractivity contribution in [1.29, 1.82) is 0 Å². The second-order valence-electron chi connectivity index (χ2n) is 6.20. The first kappa shape index (κ1) is 14.0. The largest absolute Gasteiger partial charge is 0.390 e. The minimum atomic E-state index is -0.650. The minimum Gasteiger partial charge on any atom is -0.390 e. The smallest absolute Gasteiger partial charge is 0.0613 e. The molecule has 0 fully saturated rings. The summed E-state index contributed by atoms with van der Waals surface area (Å²) < 4.78 is 0. The molecule has 1 rings (SSSR count). The van der Waals surface area contributed by atoms with Crippen LogP contribution in [0.1, 0.15) is 39.7 Å². The Hall–Kier alpha value is -1.02. The normalized spacial score (nSPS) is 12.6. The number of rotatable bonds is 4. The monoisotopic (exact) mass is 235 g/mol. The molecule has 0 heterocycles. The van der Waals surface area contributed by atoms with Crippen molar-refractivity contribution in [3.05, 3.63) is 29.8 Å². The molecule has 1 N–H and O–H groups in total. The van der Waals surface area contributed by atoms with Gasteiger partial charge in [-0.2, -0.15) is 0 Å². The van der Waals surface area contributed by atoms with Crippen LogP contribution >= 0.6 is 0 Å². The fourth-order valence-electron chi connectivity index (χ4n) is 2.30. The van der Waals surface area contributed by atoms with Gasteiger partial charge in [-0.25, -0.2) is 0 Å². The molecule has 0 atom stereocenters. The highest BCUT2D eigenvalue weighted by Gasteiger charge is 2.30. The third kappa shape index (κ3) is 4.04. The van der Waals surface area contributed by atoms with E-state index in [4.69, 9.17) is 0 Å². The van der Waals surface area contributed by atoms with Crippen LogP contribution in [0, 0.1) is 6.92 Å². The van der Waals surface area contributed by atoms with Gasteiger partial charge in [0.05, 0.1) is 5.60 Å². The minimum absolute atomic E-state index is 0.0759. The Morgan fingerprint density at radius 1 is 1.06 bits per heavy atom.